The summed E-state index contributed by atoms with van der Waals surface area (Å²) in [7, 11) is -3.74. The van der Waals surface area contributed by atoms with Crippen LogP contribution < -0.4 is 4.72 Å². The molecule has 0 atom stereocenters. The molecule has 0 spiro atoms. The van der Waals surface area contributed by atoms with E-state index in [1.165, 1.54) is 16.2 Å². The zero-order valence-electron chi connectivity index (χ0n) is 16.5. The number of hydrogen-bond donors (Lipinski definition) is 1. The lowest BCUT2D eigenvalue weighted by Gasteiger charge is -2.26. The molecule has 158 valence electrons. The molecule has 1 aliphatic heterocycles. The number of benzene rings is 1. The van der Waals surface area contributed by atoms with Crippen molar-refractivity contribution in [3.63, 3.8) is 0 Å². The van der Waals surface area contributed by atoms with Gasteiger partial charge in [0.15, 0.2) is 0 Å². The lowest BCUT2D eigenvalue weighted by Crippen LogP contribution is -2.41. The maximum absolute atomic E-state index is 12.9. The fourth-order valence-electron chi connectivity index (χ4n) is 3.23. The molecule has 4 rings (SSSR count). The van der Waals surface area contributed by atoms with Gasteiger partial charge in [-0.25, -0.2) is 8.42 Å². The number of aryl methyl sites for hydroxylation is 1. The molecule has 30 heavy (non-hydrogen) atoms. The average Bonchev–Trinajstić information content (AvgIpc) is 3.37. The molecule has 1 fully saturated rings. The Hall–Kier alpha value is -2.20. The minimum atomic E-state index is -3.74. The third kappa shape index (κ3) is 4.75. The highest BCUT2D eigenvalue weighted by molar-refractivity contribution is 7.92. The van der Waals surface area contributed by atoms with Crippen LogP contribution in [-0.4, -0.2) is 45.5 Å². The van der Waals surface area contributed by atoms with Crippen molar-refractivity contribution in [3.8, 4) is 10.4 Å². The van der Waals surface area contributed by atoms with E-state index in [1.807, 2.05) is 36.6 Å². The first-order chi connectivity index (χ1) is 14.4. The van der Waals surface area contributed by atoms with Gasteiger partial charge >= 0.3 is 0 Å². The molecule has 1 aliphatic rings. The van der Waals surface area contributed by atoms with Gasteiger partial charge in [0.1, 0.15) is 0 Å². The maximum atomic E-state index is 12.9. The molecule has 2 aromatic heterocycles. The van der Waals surface area contributed by atoms with Crippen molar-refractivity contribution in [2.75, 3.05) is 31.0 Å². The number of ether oxygens (including phenoxy) is 1. The summed E-state index contributed by atoms with van der Waals surface area (Å²) in [5.41, 5.74) is 2.13. The van der Waals surface area contributed by atoms with Crippen molar-refractivity contribution >= 4 is 44.3 Å². The van der Waals surface area contributed by atoms with E-state index < -0.39 is 10.0 Å². The van der Waals surface area contributed by atoms with E-state index in [0.29, 0.717) is 37.6 Å². The lowest BCUT2D eigenvalue weighted by atomic mass is 10.2. The van der Waals surface area contributed by atoms with Gasteiger partial charge in [-0.15, -0.1) is 22.7 Å². The number of morpholine rings is 1. The van der Waals surface area contributed by atoms with E-state index in [4.69, 9.17) is 4.74 Å². The van der Waals surface area contributed by atoms with E-state index in [1.54, 1.807) is 33.7 Å². The summed E-state index contributed by atoms with van der Waals surface area (Å²) in [4.78, 5) is 16.8. The van der Waals surface area contributed by atoms with Crippen LogP contribution in [0.3, 0.4) is 0 Å². The first kappa shape index (κ1) is 21.0. The van der Waals surface area contributed by atoms with Gasteiger partial charge in [-0.3, -0.25) is 9.52 Å². The maximum Gasteiger partial charge on any atom is 0.261 e. The molecule has 0 aliphatic carbocycles. The number of rotatable bonds is 6. The second kappa shape index (κ2) is 8.89. The van der Waals surface area contributed by atoms with E-state index in [2.05, 4.69) is 4.72 Å². The standard InChI is InChI=1S/C21H22N2O4S3/c1-15-2-7-20(29-15)16-3-5-18(6-4-16)30(25,26)22-19-14-28-13-17(19)12-21(24)23-8-10-27-11-9-23/h2-7,13-14,22H,8-12H2,1H3. The van der Waals surface area contributed by atoms with Crippen LogP contribution in [0.1, 0.15) is 10.4 Å². The highest BCUT2D eigenvalue weighted by Gasteiger charge is 2.21. The molecule has 3 heterocycles. The van der Waals surface area contributed by atoms with Gasteiger partial charge in [-0.2, -0.15) is 0 Å². The van der Waals surface area contributed by atoms with E-state index in [0.717, 1.165) is 10.4 Å². The third-order valence-electron chi connectivity index (χ3n) is 4.88. The van der Waals surface area contributed by atoms with E-state index in [-0.39, 0.29) is 17.2 Å². The van der Waals surface area contributed by atoms with Crippen molar-refractivity contribution < 1.29 is 17.9 Å². The highest BCUT2D eigenvalue weighted by Crippen LogP contribution is 2.30. The minimum Gasteiger partial charge on any atom is -0.378 e. The summed E-state index contributed by atoms with van der Waals surface area (Å²) in [6, 6.07) is 10.9. The van der Waals surface area contributed by atoms with E-state index >= 15 is 0 Å². The van der Waals surface area contributed by atoms with Gasteiger partial charge in [0.05, 0.1) is 30.2 Å². The Balaban J connectivity index is 1.47. The van der Waals surface area contributed by atoms with Gasteiger partial charge in [0, 0.05) is 28.2 Å². The van der Waals surface area contributed by atoms with Gasteiger partial charge in [0.2, 0.25) is 5.91 Å². The first-order valence-corrected chi connectivity index (χ1v) is 12.8. The van der Waals surface area contributed by atoms with Crippen molar-refractivity contribution in [1.82, 2.24) is 4.90 Å². The molecule has 9 heteroatoms. The predicted octanol–water partition coefficient (Wildman–Crippen LogP) is 3.99. The summed E-state index contributed by atoms with van der Waals surface area (Å²) in [5, 5.41) is 3.54. The summed E-state index contributed by atoms with van der Waals surface area (Å²) in [5.74, 6) is -0.0206. The van der Waals surface area contributed by atoms with Crippen molar-refractivity contribution in [1.29, 1.82) is 0 Å². The Kier molecular flexibility index (Phi) is 6.24. The van der Waals surface area contributed by atoms with Crippen LogP contribution in [0.15, 0.2) is 52.1 Å². The predicted molar refractivity (Wildman–Crippen MR) is 121 cm³/mol. The van der Waals surface area contributed by atoms with Crippen molar-refractivity contribution in [2.24, 2.45) is 0 Å². The van der Waals surface area contributed by atoms with Crippen LogP contribution in [0.25, 0.3) is 10.4 Å². The van der Waals surface area contributed by atoms with Crippen LogP contribution in [0.5, 0.6) is 0 Å². The van der Waals surface area contributed by atoms with Crippen LogP contribution in [0, 0.1) is 6.92 Å². The topological polar surface area (TPSA) is 75.7 Å². The SMILES string of the molecule is Cc1ccc(-c2ccc(S(=O)(=O)Nc3cscc3CC(=O)N3CCOCC3)cc2)s1. The van der Waals surface area contributed by atoms with Crippen LogP contribution in [0.2, 0.25) is 0 Å². The Morgan fingerprint density at radius 1 is 1.10 bits per heavy atom. The summed E-state index contributed by atoms with van der Waals surface area (Å²) < 4.78 is 33.7. The van der Waals surface area contributed by atoms with Gasteiger partial charge in [-0.1, -0.05) is 12.1 Å². The summed E-state index contributed by atoms with van der Waals surface area (Å²) >= 11 is 3.04. The molecule has 1 saturated heterocycles. The molecular formula is C21H22N2O4S3. The monoisotopic (exact) mass is 462 g/mol. The lowest BCUT2D eigenvalue weighted by molar-refractivity contribution is -0.134. The van der Waals surface area contributed by atoms with Crippen LogP contribution in [-0.2, 0) is 26.0 Å². The summed E-state index contributed by atoms with van der Waals surface area (Å²) in [6.45, 7) is 4.26. The molecule has 0 saturated carbocycles. The molecule has 1 N–H and O–H groups in total. The Labute approximate surface area is 184 Å². The van der Waals surface area contributed by atoms with E-state index in [9.17, 15) is 13.2 Å². The van der Waals surface area contributed by atoms with Crippen LogP contribution in [0.4, 0.5) is 5.69 Å². The Morgan fingerprint density at radius 3 is 2.50 bits per heavy atom. The number of thiophene rings is 2. The fraction of sp³-hybridized carbons (Fsp3) is 0.286. The molecule has 1 aromatic carbocycles. The molecule has 0 radical (unpaired) electrons. The molecule has 6 nitrogen and oxygen atoms in total. The quantitative estimate of drug-likeness (QED) is 0.601. The Bertz CT molecular complexity index is 1130. The van der Waals surface area contributed by atoms with Gasteiger partial charge in [0.25, 0.3) is 10.0 Å². The molecule has 0 unspecified atom stereocenters. The number of sulfonamides is 1. The summed E-state index contributed by atoms with van der Waals surface area (Å²) in [6.07, 6.45) is 0.165. The number of nitrogens with one attached hydrogen (secondary N) is 1. The van der Waals surface area contributed by atoms with Crippen molar-refractivity contribution in [3.05, 3.63) is 57.6 Å². The number of anilines is 1. The van der Waals surface area contributed by atoms with Crippen molar-refractivity contribution in [2.45, 2.75) is 18.2 Å². The number of amides is 1. The second-order valence-corrected chi connectivity index (χ2v) is 10.7. The first-order valence-electron chi connectivity index (χ1n) is 9.53. The number of carbonyl (C=O) groups excluding carboxylic acids is 1. The molecule has 3 aromatic rings. The van der Waals surface area contributed by atoms with Gasteiger partial charge in [-0.05, 0) is 47.7 Å². The Morgan fingerprint density at radius 2 is 1.83 bits per heavy atom. The second-order valence-electron chi connectivity index (χ2n) is 7.02. The largest absolute Gasteiger partial charge is 0.378 e. The average molecular weight is 463 g/mol. The molecular weight excluding hydrogens is 440 g/mol. The number of nitrogens with zero attached hydrogens (tertiary/aromatic N) is 1. The number of hydrogen-bond acceptors (Lipinski definition) is 6. The normalized spacial score (nSPS) is 14.6. The third-order valence-corrected chi connectivity index (χ3v) is 8.10. The minimum absolute atomic E-state index is 0.0206. The smallest absolute Gasteiger partial charge is 0.261 e. The highest BCUT2D eigenvalue weighted by atomic mass is 32.2. The van der Waals surface area contributed by atoms with Gasteiger partial charge < -0.3 is 9.64 Å². The number of carbonyl (C=O) groups is 1. The zero-order valence-corrected chi connectivity index (χ0v) is 18.9. The zero-order chi connectivity index (χ0) is 21.1. The molecule has 1 amide bonds. The van der Waals surface area contributed by atoms with Crippen LogP contribution >= 0.6 is 22.7 Å². The fourth-order valence-corrected chi connectivity index (χ4v) is 6.06. The molecule has 0 bridgehead atoms.